The highest BCUT2D eigenvalue weighted by Crippen LogP contribution is 2.22. The van der Waals surface area contributed by atoms with Crippen LogP contribution in [0.4, 0.5) is 11.9 Å². The molecule has 5 nitrogen and oxygen atoms in total. The van der Waals surface area contributed by atoms with E-state index in [1.165, 1.54) is 11.1 Å². The Morgan fingerprint density at radius 1 is 1.16 bits per heavy atom. The fourth-order valence-corrected chi connectivity index (χ4v) is 2.45. The molecule has 2 rings (SSSR count). The van der Waals surface area contributed by atoms with Crippen LogP contribution in [0.3, 0.4) is 0 Å². The van der Waals surface area contributed by atoms with Crippen LogP contribution in [-0.2, 0) is 5.75 Å². The first-order chi connectivity index (χ1) is 9.06. The summed E-state index contributed by atoms with van der Waals surface area (Å²) in [6.45, 7) is 2.10. The Morgan fingerprint density at radius 2 is 1.89 bits per heavy atom. The molecule has 0 aliphatic heterocycles. The van der Waals surface area contributed by atoms with Gasteiger partial charge in [-0.05, 0) is 18.1 Å². The van der Waals surface area contributed by atoms with Crippen LogP contribution in [0.25, 0.3) is 0 Å². The maximum absolute atomic E-state index is 5.69. The van der Waals surface area contributed by atoms with Gasteiger partial charge in [0, 0.05) is 19.8 Å². The predicted molar refractivity (Wildman–Crippen MR) is 79.3 cm³/mol. The third kappa shape index (κ3) is 3.57. The first-order valence-electron chi connectivity index (χ1n) is 5.92. The third-order valence-electron chi connectivity index (χ3n) is 2.64. The van der Waals surface area contributed by atoms with E-state index in [4.69, 9.17) is 5.73 Å². The molecule has 1 heterocycles. The van der Waals surface area contributed by atoms with Gasteiger partial charge in [0.2, 0.25) is 11.9 Å². The van der Waals surface area contributed by atoms with Crippen LogP contribution < -0.4 is 10.6 Å². The Balaban J connectivity index is 2.14. The highest BCUT2D eigenvalue weighted by Gasteiger charge is 2.07. The van der Waals surface area contributed by atoms with E-state index in [1.807, 2.05) is 31.1 Å². The summed E-state index contributed by atoms with van der Waals surface area (Å²) in [4.78, 5) is 14.4. The van der Waals surface area contributed by atoms with Crippen LogP contribution >= 0.6 is 11.8 Å². The fraction of sp³-hybridized carbons (Fsp3) is 0.308. The quantitative estimate of drug-likeness (QED) is 0.862. The Bertz CT molecular complexity index is 571. The average molecular weight is 275 g/mol. The van der Waals surface area contributed by atoms with Gasteiger partial charge >= 0.3 is 0 Å². The maximum atomic E-state index is 5.69. The summed E-state index contributed by atoms with van der Waals surface area (Å²) in [6, 6.07) is 8.28. The van der Waals surface area contributed by atoms with E-state index < -0.39 is 0 Å². The van der Waals surface area contributed by atoms with Crippen molar-refractivity contribution in [3.8, 4) is 0 Å². The summed E-state index contributed by atoms with van der Waals surface area (Å²) in [5.41, 5.74) is 8.24. The van der Waals surface area contributed by atoms with Crippen LogP contribution in [0.15, 0.2) is 29.4 Å². The van der Waals surface area contributed by atoms with Gasteiger partial charge in [0.15, 0.2) is 5.16 Å². The van der Waals surface area contributed by atoms with Crippen molar-refractivity contribution in [2.75, 3.05) is 24.7 Å². The van der Waals surface area contributed by atoms with E-state index in [0.717, 1.165) is 5.75 Å². The van der Waals surface area contributed by atoms with Crippen LogP contribution in [0.2, 0.25) is 0 Å². The lowest BCUT2D eigenvalue weighted by Crippen LogP contribution is -2.15. The van der Waals surface area contributed by atoms with Gasteiger partial charge in [-0.25, -0.2) is 0 Å². The third-order valence-corrected chi connectivity index (χ3v) is 3.53. The van der Waals surface area contributed by atoms with E-state index in [-0.39, 0.29) is 5.95 Å². The van der Waals surface area contributed by atoms with E-state index >= 15 is 0 Å². The number of hydrogen-bond donors (Lipinski definition) is 1. The summed E-state index contributed by atoms with van der Waals surface area (Å²) >= 11 is 1.56. The fourth-order valence-electron chi connectivity index (χ4n) is 1.54. The molecule has 0 unspecified atom stereocenters. The molecule has 6 heteroatoms. The number of aryl methyl sites for hydroxylation is 1. The summed E-state index contributed by atoms with van der Waals surface area (Å²) < 4.78 is 0. The zero-order valence-electron chi connectivity index (χ0n) is 11.3. The second-order valence-electron chi connectivity index (χ2n) is 4.39. The van der Waals surface area contributed by atoms with Crippen molar-refractivity contribution in [2.24, 2.45) is 0 Å². The van der Waals surface area contributed by atoms with Crippen molar-refractivity contribution in [3.05, 3.63) is 35.4 Å². The maximum Gasteiger partial charge on any atom is 0.230 e. The molecule has 2 aromatic rings. The van der Waals surface area contributed by atoms with Gasteiger partial charge in [0.05, 0.1) is 0 Å². The van der Waals surface area contributed by atoms with Gasteiger partial charge in [-0.1, -0.05) is 36.0 Å². The first-order valence-corrected chi connectivity index (χ1v) is 6.91. The molecule has 0 saturated carbocycles. The number of hydrogen-bond acceptors (Lipinski definition) is 6. The van der Waals surface area contributed by atoms with Gasteiger partial charge in [-0.2, -0.15) is 15.0 Å². The monoisotopic (exact) mass is 275 g/mol. The second-order valence-corrected chi connectivity index (χ2v) is 5.33. The summed E-state index contributed by atoms with van der Waals surface area (Å²) in [5.74, 6) is 1.66. The number of aromatic nitrogens is 3. The normalized spacial score (nSPS) is 10.5. The molecule has 0 amide bonds. The molecule has 100 valence electrons. The molecular formula is C13H17N5S. The largest absolute Gasteiger partial charge is 0.368 e. The predicted octanol–water partition coefficient (Wildman–Crippen LogP) is 2.12. The van der Waals surface area contributed by atoms with Crippen molar-refractivity contribution in [2.45, 2.75) is 17.8 Å². The van der Waals surface area contributed by atoms with E-state index in [9.17, 15) is 0 Å². The van der Waals surface area contributed by atoms with Crippen molar-refractivity contribution in [3.63, 3.8) is 0 Å². The number of rotatable bonds is 4. The number of anilines is 2. The Kier molecular flexibility index (Phi) is 4.21. The summed E-state index contributed by atoms with van der Waals surface area (Å²) in [5, 5.41) is 0.652. The van der Waals surface area contributed by atoms with E-state index in [0.29, 0.717) is 11.1 Å². The smallest absolute Gasteiger partial charge is 0.230 e. The summed E-state index contributed by atoms with van der Waals surface area (Å²) in [6.07, 6.45) is 0. The highest BCUT2D eigenvalue weighted by molar-refractivity contribution is 7.98. The topological polar surface area (TPSA) is 67.9 Å². The van der Waals surface area contributed by atoms with E-state index in [2.05, 4.69) is 34.0 Å². The molecule has 0 radical (unpaired) electrons. The highest BCUT2D eigenvalue weighted by atomic mass is 32.2. The Morgan fingerprint density at radius 3 is 2.58 bits per heavy atom. The number of nitrogens with two attached hydrogens (primary N) is 1. The SMILES string of the molecule is Cc1ccccc1CSc1nc(N)nc(N(C)C)n1. The second kappa shape index (κ2) is 5.88. The number of benzene rings is 1. The van der Waals surface area contributed by atoms with Crippen molar-refractivity contribution >= 4 is 23.7 Å². The number of thioether (sulfide) groups is 1. The molecule has 0 bridgehead atoms. The molecule has 0 spiro atoms. The zero-order valence-corrected chi connectivity index (χ0v) is 12.1. The number of nitrogen functional groups attached to an aromatic ring is 1. The molecular weight excluding hydrogens is 258 g/mol. The van der Waals surface area contributed by atoms with Crippen LogP contribution in [-0.4, -0.2) is 29.0 Å². The van der Waals surface area contributed by atoms with Gasteiger partial charge in [0.1, 0.15) is 0 Å². The van der Waals surface area contributed by atoms with Crippen LogP contribution in [0, 0.1) is 6.92 Å². The Hall–Kier alpha value is -1.82. The van der Waals surface area contributed by atoms with Gasteiger partial charge in [-0.15, -0.1) is 0 Å². The Labute approximate surface area is 117 Å². The molecule has 2 N–H and O–H groups in total. The van der Waals surface area contributed by atoms with Gasteiger partial charge in [0.25, 0.3) is 0 Å². The lowest BCUT2D eigenvalue weighted by Gasteiger charge is -2.11. The number of nitrogens with zero attached hydrogens (tertiary/aromatic N) is 4. The van der Waals surface area contributed by atoms with Crippen molar-refractivity contribution in [1.82, 2.24) is 15.0 Å². The zero-order chi connectivity index (χ0) is 13.8. The summed E-state index contributed by atoms with van der Waals surface area (Å²) in [7, 11) is 3.76. The molecule has 1 aromatic carbocycles. The molecule has 0 saturated heterocycles. The standard InChI is InChI=1S/C13H17N5S/c1-9-6-4-5-7-10(9)8-19-13-16-11(14)15-12(17-13)18(2)3/h4-7H,8H2,1-3H3,(H2,14,15,16,17). The molecule has 0 aliphatic carbocycles. The molecule has 1 aromatic heterocycles. The van der Waals surface area contributed by atoms with Crippen molar-refractivity contribution < 1.29 is 0 Å². The molecule has 0 atom stereocenters. The minimum atomic E-state index is 0.256. The van der Waals surface area contributed by atoms with Crippen LogP contribution in [0.1, 0.15) is 11.1 Å². The molecule has 0 aliphatic rings. The lowest BCUT2D eigenvalue weighted by molar-refractivity contribution is 0.875. The minimum Gasteiger partial charge on any atom is -0.368 e. The molecule has 0 fully saturated rings. The van der Waals surface area contributed by atoms with E-state index in [1.54, 1.807) is 11.8 Å². The first kappa shape index (κ1) is 13.6. The lowest BCUT2D eigenvalue weighted by atomic mass is 10.1. The van der Waals surface area contributed by atoms with Crippen molar-refractivity contribution in [1.29, 1.82) is 0 Å². The molecule has 19 heavy (non-hydrogen) atoms. The van der Waals surface area contributed by atoms with Gasteiger partial charge in [-0.3, -0.25) is 0 Å². The minimum absolute atomic E-state index is 0.256. The average Bonchev–Trinajstić information content (AvgIpc) is 2.37. The van der Waals surface area contributed by atoms with Gasteiger partial charge < -0.3 is 10.6 Å². The van der Waals surface area contributed by atoms with Crippen LogP contribution in [0.5, 0.6) is 0 Å².